The SMILES string of the molecule is ClC(Cl)Cl.ClC(Cl)Cl.c1ccc2c3c(ccc2c1)OCOc1c2c(c4ccccc4c1-3)-c1c(c3c(c4ccccc14)-c1c(ccc4ccccc14)OCO3)OCO2. The maximum absolute atomic E-state index is 6.64. The van der Waals surface area contributed by atoms with Crippen molar-refractivity contribution in [2.45, 2.75) is 8.59 Å². The lowest BCUT2D eigenvalue weighted by atomic mass is 9.84. The Hall–Kier alpha value is -4.66. The summed E-state index contributed by atoms with van der Waals surface area (Å²) >= 11 is 28.8. The van der Waals surface area contributed by atoms with E-state index in [9.17, 15) is 0 Å². The van der Waals surface area contributed by atoms with Crippen LogP contribution in [0.4, 0.5) is 0 Å². The van der Waals surface area contributed by atoms with Crippen molar-refractivity contribution in [1.29, 1.82) is 0 Å². The number of hydrogen-bond acceptors (Lipinski definition) is 6. The van der Waals surface area contributed by atoms with E-state index in [4.69, 9.17) is 98.0 Å². The minimum absolute atomic E-state index is 0.0371. The number of alkyl halides is 6. The number of benzene rings is 8. The molecule has 11 rings (SSSR count). The molecule has 286 valence electrons. The minimum Gasteiger partial charge on any atom is -0.457 e. The van der Waals surface area contributed by atoms with Crippen molar-refractivity contribution in [3.05, 3.63) is 121 Å². The van der Waals surface area contributed by atoms with Crippen LogP contribution in [0.2, 0.25) is 0 Å². The molecular formula is C45H28Cl6O6. The summed E-state index contributed by atoms with van der Waals surface area (Å²) < 4.78 is 37.4. The fraction of sp³-hybridized carbons (Fsp3) is 0.111. The van der Waals surface area contributed by atoms with Crippen LogP contribution in [0.3, 0.4) is 0 Å². The van der Waals surface area contributed by atoms with Gasteiger partial charge in [0.1, 0.15) is 11.5 Å². The molecule has 12 heteroatoms. The highest BCUT2D eigenvalue weighted by molar-refractivity contribution is 6.63. The van der Waals surface area contributed by atoms with Crippen LogP contribution in [0.5, 0.6) is 34.5 Å². The predicted octanol–water partition coefficient (Wildman–Crippen LogP) is 14.5. The molecule has 0 radical (unpaired) electrons. The molecule has 0 aliphatic carbocycles. The lowest BCUT2D eigenvalue weighted by molar-refractivity contribution is 0.0914. The van der Waals surface area contributed by atoms with Crippen molar-refractivity contribution >= 4 is 113 Å². The Morgan fingerprint density at radius 3 is 0.895 bits per heavy atom. The van der Waals surface area contributed by atoms with Crippen LogP contribution in [-0.4, -0.2) is 29.0 Å². The summed E-state index contributed by atoms with van der Waals surface area (Å²) in [6.07, 6.45) is 0. The average molecular weight is 877 g/mol. The van der Waals surface area contributed by atoms with Crippen molar-refractivity contribution in [3.63, 3.8) is 0 Å². The molecule has 0 saturated carbocycles. The molecule has 8 aromatic rings. The first kappa shape index (κ1) is 37.9. The molecule has 3 aliphatic rings. The van der Waals surface area contributed by atoms with Crippen LogP contribution < -0.4 is 28.4 Å². The summed E-state index contributed by atoms with van der Waals surface area (Å²) in [4.78, 5) is 0. The zero-order valence-electron chi connectivity index (χ0n) is 29.5. The van der Waals surface area contributed by atoms with Crippen LogP contribution >= 0.6 is 69.6 Å². The summed E-state index contributed by atoms with van der Waals surface area (Å²) in [5.74, 6) is 4.00. The Bertz CT molecular complexity index is 2650. The summed E-state index contributed by atoms with van der Waals surface area (Å²) in [5.41, 5.74) is 5.61. The third-order valence-corrected chi connectivity index (χ3v) is 10.0. The topological polar surface area (TPSA) is 55.4 Å². The van der Waals surface area contributed by atoms with Crippen molar-refractivity contribution < 1.29 is 28.4 Å². The van der Waals surface area contributed by atoms with Crippen molar-refractivity contribution in [1.82, 2.24) is 0 Å². The lowest BCUT2D eigenvalue weighted by Gasteiger charge is -2.22. The Morgan fingerprint density at radius 2 is 0.561 bits per heavy atom. The highest BCUT2D eigenvalue weighted by Crippen LogP contribution is 2.61. The molecule has 8 aromatic carbocycles. The van der Waals surface area contributed by atoms with Gasteiger partial charge in [0.05, 0.1) is 0 Å². The van der Waals surface area contributed by atoms with Gasteiger partial charge in [0, 0.05) is 33.4 Å². The molecule has 0 atom stereocenters. The van der Waals surface area contributed by atoms with E-state index in [1.165, 1.54) is 0 Å². The Morgan fingerprint density at radius 1 is 0.298 bits per heavy atom. The van der Waals surface area contributed by atoms with Gasteiger partial charge in [0.2, 0.25) is 20.4 Å². The van der Waals surface area contributed by atoms with Gasteiger partial charge in [0.25, 0.3) is 0 Å². The second-order valence-corrected chi connectivity index (χ2v) is 16.9. The normalized spacial score (nSPS) is 13.3. The first-order chi connectivity index (χ1) is 27.8. The van der Waals surface area contributed by atoms with Gasteiger partial charge in [-0.1, -0.05) is 179 Å². The molecule has 3 aliphatic heterocycles. The van der Waals surface area contributed by atoms with E-state index >= 15 is 0 Å². The van der Waals surface area contributed by atoms with Crippen molar-refractivity contribution in [2.75, 3.05) is 20.4 Å². The van der Waals surface area contributed by atoms with E-state index in [1.54, 1.807) is 0 Å². The van der Waals surface area contributed by atoms with E-state index in [0.29, 0.717) is 23.0 Å². The van der Waals surface area contributed by atoms with Gasteiger partial charge in [-0.25, -0.2) is 0 Å². The molecule has 0 fully saturated rings. The molecule has 0 saturated heterocycles. The minimum atomic E-state index is -0.750. The van der Waals surface area contributed by atoms with Crippen molar-refractivity contribution in [2.24, 2.45) is 0 Å². The van der Waals surface area contributed by atoms with Gasteiger partial charge < -0.3 is 28.4 Å². The molecule has 0 bridgehead atoms. The molecule has 6 nitrogen and oxygen atoms in total. The zero-order chi connectivity index (χ0) is 39.2. The Balaban J connectivity index is 0.000000487. The molecular weight excluding hydrogens is 849 g/mol. The van der Waals surface area contributed by atoms with E-state index in [0.717, 1.165) is 88.0 Å². The van der Waals surface area contributed by atoms with Gasteiger partial charge in [0.15, 0.2) is 31.6 Å². The standard InChI is InChI=1S/C43H26O6.2CHCl3/c1-3-11-26-24(9-1)17-19-32-34(26)36-28-13-5-7-15-30(28)38-39-31-16-8-6-14-29(31)37-35-27-12-4-2-10-25(27)18-20-33(35)45-22-47-41(37)43(39)49-23-48-42(38)40(36)46-21-44-32;2*2-1(3)4/h1-20H,21-23H2;2*1H. The van der Waals surface area contributed by atoms with Crippen LogP contribution in [0.1, 0.15) is 0 Å². The second-order valence-electron chi connectivity index (χ2n) is 12.9. The number of rotatable bonds is 0. The van der Waals surface area contributed by atoms with E-state index < -0.39 is 8.59 Å². The van der Waals surface area contributed by atoms with E-state index in [-0.39, 0.29) is 20.4 Å². The third-order valence-electron chi connectivity index (χ3n) is 10.0. The van der Waals surface area contributed by atoms with Gasteiger partial charge >= 0.3 is 0 Å². The van der Waals surface area contributed by atoms with Crippen molar-refractivity contribution in [3.8, 4) is 67.9 Å². The van der Waals surface area contributed by atoms with Crippen LogP contribution in [0.15, 0.2) is 121 Å². The number of fused-ring (bicyclic) bond motifs is 21. The summed E-state index contributed by atoms with van der Waals surface area (Å²) in [6, 6.07) is 41.8. The smallest absolute Gasteiger partial charge is 0.231 e. The van der Waals surface area contributed by atoms with E-state index in [1.807, 2.05) is 12.1 Å². The van der Waals surface area contributed by atoms with Gasteiger partial charge in [-0.15, -0.1) is 0 Å². The number of halogens is 6. The van der Waals surface area contributed by atoms with Crippen LogP contribution in [-0.2, 0) is 0 Å². The molecule has 0 aromatic heterocycles. The highest BCUT2D eigenvalue weighted by Gasteiger charge is 2.36. The molecule has 0 amide bonds. The van der Waals surface area contributed by atoms with Gasteiger partial charge in [-0.3, -0.25) is 0 Å². The number of hydrogen-bond donors (Lipinski definition) is 0. The maximum atomic E-state index is 6.64. The fourth-order valence-electron chi connectivity index (χ4n) is 8.04. The zero-order valence-corrected chi connectivity index (χ0v) is 34.1. The summed E-state index contributed by atoms with van der Waals surface area (Å²) in [6.45, 7) is 0.0274. The Labute approximate surface area is 357 Å². The molecule has 57 heavy (non-hydrogen) atoms. The quantitative estimate of drug-likeness (QED) is 0.142. The maximum Gasteiger partial charge on any atom is 0.231 e. The van der Waals surface area contributed by atoms with Crippen LogP contribution in [0, 0.1) is 0 Å². The monoisotopic (exact) mass is 874 g/mol. The molecule has 0 N–H and O–H groups in total. The predicted molar refractivity (Wildman–Crippen MR) is 234 cm³/mol. The lowest BCUT2D eigenvalue weighted by Crippen LogP contribution is -2.09. The second kappa shape index (κ2) is 15.9. The molecule has 3 heterocycles. The third kappa shape index (κ3) is 6.82. The van der Waals surface area contributed by atoms with Gasteiger partial charge in [-0.05, 0) is 55.2 Å². The molecule has 0 spiro atoms. The summed E-state index contributed by atoms with van der Waals surface area (Å²) in [5, 5.41) is 8.46. The first-order valence-corrected chi connectivity index (χ1v) is 20.3. The fourth-order valence-corrected chi connectivity index (χ4v) is 8.04. The first-order valence-electron chi connectivity index (χ1n) is 17.6. The molecule has 0 unspecified atom stereocenters. The number of ether oxygens (including phenoxy) is 6. The van der Waals surface area contributed by atoms with E-state index in [2.05, 4.69) is 109 Å². The average Bonchev–Trinajstić information content (AvgIpc) is 3.63. The highest BCUT2D eigenvalue weighted by atomic mass is 35.6. The van der Waals surface area contributed by atoms with Crippen LogP contribution in [0.25, 0.3) is 76.5 Å². The van der Waals surface area contributed by atoms with Gasteiger partial charge in [-0.2, -0.15) is 0 Å². The summed E-state index contributed by atoms with van der Waals surface area (Å²) in [7, 11) is 0. The largest absolute Gasteiger partial charge is 0.457 e. The Kier molecular flexibility index (Phi) is 10.6.